The number of benzene rings is 2. The summed E-state index contributed by atoms with van der Waals surface area (Å²) in [5.41, 5.74) is -0.804. The monoisotopic (exact) mass is 462 g/mol. The fraction of sp³-hybridized carbons (Fsp3) is 0.333. The van der Waals surface area contributed by atoms with Crippen LogP contribution in [0.1, 0.15) is 37.3 Å². The average Bonchev–Trinajstić information content (AvgIpc) is 3.32. The van der Waals surface area contributed by atoms with Crippen LogP contribution in [0, 0.1) is 0 Å². The molecule has 1 aliphatic rings. The summed E-state index contributed by atoms with van der Waals surface area (Å²) < 4.78 is 51.4. The Bertz CT molecular complexity index is 998. The van der Waals surface area contributed by atoms with Crippen molar-refractivity contribution in [2.24, 2.45) is 0 Å². The van der Waals surface area contributed by atoms with Crippen molar-refractivity contribution in [3.8, 4) is 5.75 Å². The first kappa shape index (κ1) is 24.3. The maximum atomic E-state index is 13.6. The standard InChI is InChI=1S/C24H25F3N2O4/c1-2-13-32-18-9-5-16(6-10-18)7-12-22(30)29-20-11-8-17(15-19(20)24(25,26)27)28-23(31)21-4-3-14-33-21/h5-12,15,21H,2-4,13-14H2,1H3,(H,28,31)(H,29,30)/b12-7+. The Hall–Kier alpha value is -3.33. The Balaban J connectivity index is 1.67. The van der Waals surface area contributed by atoms with E-state index in [-0.39, 0.29) is 5.69 Å². The second-order valence-corrected chi connectivity index (χ2v) is 7.49. The van der Waals surface area contributed by atoms with Crippen molar-refractivity contribution >= 4 is 29.3 Å². The van der Waals surface area contributed by atoms with Gasteiger partial charge in [0.15, 0.2) is 0 Å². The molecule has 1 unspecified atom stereocenters. The molecule has 0 spiro atoms. The molecule has 2 aromatic carbocycles. The molecule has 0 bridgehead atoms. The van der Waals surface area contributed by atoms with E-state index in [0.717, 1.165) is 31.1 Å². The molecule has 0 aromatic heterocycles. The summed E-state index contributed by atoms with van der Waals surface area (Å²) in [6.07, 6.45) is -0.642. The Kier molecular flexibility index (Phi) is 8.11. The van der Waals surface area contributed by atoms with Crippen LogP contribution in [0.25, 0.3) is 6.08 Å². The molecule has 2 N–H and O–H groups in total. The first-order valence-electron chi connectivity index (χ1n) is 10.6. The quantitative estimate of drug-likeness (QED) is 0.525. The van der Waals surface area contributed by atoms with Crippen molar-refractivity contribution in [3.63, 3.8) is 0 Å². The van der Waals surface area contributed by atoms with E-state index in [1.807, 2.05) is 6.92 Å². The second-order valence-electron chi connectivity index (χ2n) is 7.49. The summed E-state index contributed by atoms with van der Waals surface area (Å²) >= 11 is 0. The lowest BCUT2D eigenvalue weighted by atomic mass is 10.1. The first-order chi connectivity index (χ1) is 15.8. The SMILES string of the molecule is CCCOc1ccc(/C=C/C(=O)Nc2ccc(NC(=O)C3CCCO3)cc2C(F)(F)F)cc1. The van der Waals surface area contributed by atoms with E-state index in [1.165, 1.54) is 12.1 Å². The predicted molar refractivity (Wildman–Crippen MR) is 119 cm³/mol. The van der Waals surface area contributed by atoms with Gasteiger partial charge >= 0.3 is 6.18 Å². The average molecular weight is 462 g/mol. The number of ether oxygens (including phenoxy) is 2. The number of carbonyl (C=O) groups is 2. The van der Waals surface area contributed by atoms with Gasteiger partial charge in [0.25, 0.3) is 5.91 Å². The van der Waals surface area contributed by atoms with Gasteiger partial charge in [-0.15, -0.1) is 0 Å². The zero-order chi connectivity index (χ0) is 23.8. The Labute approximate surface area is 189 Å². The summed E-state index contributed by atoms with van der Waals surface area (Å²) in [6.45, 7) is 3.03. The summed E-state index contributed by atoms with van der Waals surface area (Å²) in [5.74, 6) is -0.519. The molecule has 6 nitrogen and oxygen atoms in total. The fourth-order valence-electron chi connectivity index (χ4n) is 3.21. The van der Waals surface area contributed by atoms with Crippen LogP contribution < -0.4 is 15.4 Å². The molecule has 1 saturated heterocycles. The molecule has 0 saturated carbocycles. The van der Waals surface area contributed by atoms with Crippen LogP contribution in [0.2, 0.25) is 0 Å². The van der Waals surface area contributed by atoms with Gasteiger partial charge < -0.3 is 20.1 Å². The Morgan fingerprint density at radius 2 is 1.91 bits per heavy atom. The molecule has 9 heteroatoms. The number of carbonyl (C=O) groups excluding carboxylic acids is 2. The number of halogens is 3. The molecule has 1 heterocycles. The maximum Gasteiger partial charge on any atom is 0.418 e. The number of alkyl halides is 3. The summed E-state index contributed by atoms with van der Waals surface area (Å²) in [7, 11) is 0. The third-order valence-electron chi connectivity index (χ3n) is 4.85. The minimum absolute atomic E-state index is 0.0262. The van der Waals surface area contributed by atoms with E-state index in [2.05, 4.69) is 10.6 Å². The zero-order valence-electron chi connectivity index (χ0n) is 18.1. The normalized spacial score (nSPS) is 16.1. The van der Waals surface area contributed by atoms with Gasteiger partial charge in [-0.2, -0.15) is 13.2 Å². The van der Waals surface area contributed by atoms with Crippen molar-refractivity contribution in [2.75, 3.05) is 23.8 Å². The molecule has 0 aliphatic carbocycles. The lowest BCUT2D eigenvalue weighted by Gasteiger charge is -2.16. The largest absolute Gasteiger partial charge is 0.494 e. The van der Waals surface area contributed by atoms with Gasteiger partial charge in [-0.25, -0.2) is 0 Å². The first-order valence-corrected chi connectivity index (χ1v) is 10.6. The van der Waals surface area contributed by atoms with E-state index in [9.17, 15) is 22.8 Å². The summed E-state index contributed by atoms with van der Waals surface area (Å²) in [5, 5.41) is 4.69. The van der Waals surface area contributed by atoms with E-state index >= 15 is 0 Å². The molecule has 2 aromatic rings. The number of hydrogen-bond donors (Lipinski definition) is 2. The zero-order valence-corrected chi connectivity index (χ0v) is 18.1. The predicted octanol–water partition coefficient (Wildman–Crippen LogP) is 5.26. The highest BCUT2D eigenvalue weighted by atomic mass is 19.4. The Morgan fingerprint density at radius 3 is 2.55 bits per heavy atom. The van der Waals surface area contributed by atoms with Gasteiger partial charge in [0.2, 0.25) is 5.91 Å². The van der Waals surface area contributed by atoms with Crippen LogP contribution in [0.15, 0.2) is 48.5 Å². The van der Waals surface area contributed by atoms with Crippen LogP contribution in [-0.4, -0.2) is 31.1 Å². The van der Waals surface area contributed by atoms with Gasteiger partial charge in [0, 0.05) is 18.4 Å². The Morgan fingerprint density at radius 1 is 1.15 bits per heavy atom. The second kappa shape index (κ2) is 11.0. The van der Waals surface area contributed by atoms with Gasteiger partial charge in [-0.1, -0.05) is 19.1 Å². The van der Waals surface area contributed by atoms with Crippen LogP contribution in [-0.2, 0) is 20.5 Å². The molecule has 176 valence electrons. The van der Waals surface area contributed by atoms with E-state index in [1.54, 1.807) is 24.3 Å². The highest BCUT2D eigenvalue weighted by Crippen LogP contribution is 2.36. The third-order valence-corrected chi connectivity index (χ3v) is 4.85. The van der Waals surface area contributed by atoms with Gasteiger partial charge in [-0.3, -0.25) is 9.59 Å². The van der Waals surface area contributed by atoms with Gasteiger partial charge in [0.1, 0.15) is 11.9 Å². The smallest absolute Gasteiger partial charge is 0.418 e. The molecule has 1 atom stereocenters. The molecule has 2 amide bonds. The van der Waals surface area contributed by atoms with Crippen LogP contribution in [0.4, 0.5) is 24.5 Å². The fourth-order valence-corrected chi connectivity index (χ4v) is 3.21. The van der Waals surface area contributed by atoms with Crippen molar-refractivity contribution in [3.05, 3.63) is 59.7 Å². The number of anilines is 2. The van der Waals surface area contributed by atoms with Crippen LogP contribution in [0.3, 0.4) is 0 Å². The van der Waals surface area contributed by atoms with Crippen LogP contribution in [0.5, 0.6) is 5.75 Å². The molecular weight excluding hydrogens is 437 g/mol. The van der Waals surface area contributed by atoms with Crippen molar-refractivity contribution < 1.29 is 32.2 Å². The number of nitrogens with one attached hydrogen (secondary N) is 2. The lowest BCUT2D eigenvalue weighted by Crippen LogP contribution is -2.27. The van der Waals surface area contributed by atoms with Gasteiger partial charge in [0.05, 0.1) is 17.9 Å². The highest BCUT2D eigenvalue weighted by molar-refractivity contribution is 6.03. The molecule has 1 aliphatic heterocycles. The summed E-state index contributed by atoms with van der Waals surface area (Å²) in [6, 6.07) is 10.2. The minimum atomic E-state index is -4.73. The van der Waals surface area contributed by atoms with Crippen LogP contribution >= 0.6 is 0 Å². The minimum Gasteiger partial charge on any atom is -0.494 e. The van der Waals surface area contributed by atoms with E-state index in [4.69, 9.17) is 9.47 Å². The molecule has 33 heavy (non-hydrogen) atoms. The van der Waals surface area contributed by atoms with Crippen molar-refractivity contribution in [2.45, 2.75) is 38.5 Å². The number of amides is 2. The maximum absolute atomic E-state index is 13.6. The third kappa shape index (κ3) is 7.08. The van der Waals surface area contributed by atoms with E-state index in [0.29, 0.717) is 30.9 Å². The lowest BCUT2D eigenvalue weighted by molar-refractivity contribution is -0.137. The molecular formula is C24H25F3N2O4. The van der Waals surface area contributed by atoms with E-state index < -0.39 is 35.3 Å². The number of rotatable bonds is 8. The molecule has 0 radical (unpaired) electrons. The topological polar surface area (TPSA) is 76.7 Å². The van der Waals surface area contributed by atoms with Crippen molar-refractivity contribution in [1.29, 1.82) is 0 Å². The number of hydrogen-bond acceptors (Lipinski definition) is 4. The summed E-state index contributed by atoms with van der Waals surface area (Å²) in [4.78, 5) is 24.4. The highest BCUT2D eigenvalue weighted by Gasteiger charge is 2.34. The molecule has 1 fully saturated rings. The van der Waals surface area contributed by atoms with Gasteiger partial charge in [-0.05, 0) is 61.2 Å². The molecule has 3 rings (SSSR count). The van der Waals surface area contributed by atoms with Crippen molar-refractivity contribution in [1.82, 2.24) is 0 Å².